The maximum absolute atomic E-state index is 13.2. The Labute approximate surface area is 119 Å². The lowest BCUT2D eigenvalue weighted by atomic mass is 9.98. The van der Waals surface area contributed by atoms with Crippen molar-refractivity contribution in [2.24, 2.45) is 5.73 Å². The minimum Gasteiger partial charge on any atom is -0.457 e. The number of ether oxygens (including phenoxy) is 1. The third-order valence-corrected chi connectivity index (χ3v) is 3.33. The number of benzene rings is 2. The second kappa shape index (κ2) is 6.06. The SMILES string of the molecule is Cc1cc(Oc2ccc(F)cc2CN)ccc1C(C)C. The third kappa shape index (κ3) is 3.17. The van der Waals surface area contributed by atoms with Crippen LogP contribution in [0.2, 0.25) is 0 Å². The first-order valence-electron chi connectivity index (χ1n) is 6.78. The van der Waals surface area contributed by atoms with Crippen molar-refractivity contribution >= 4 is 0 Å². The predicted molar refractivity (Wildman–Crippen MR) is 79.6 cm³/mol. The van der Waals surface area contributed by atoms with Crippen molar-refractivity contribution in [2.45, 2.75) is 33.2 Å². The van der Waals surface area contributed by atoms with E-state index in [0.29, 0.717) is 17.2 Å². The van der Waals surface area contributed by atoms with E-state index < -0.39 is 0 Å². The summed E-state index contributed by atoms with van der Waals surface area (Å²) in [4.78, 5) is 0. The quantitative estimate of drug-likeness (QED) is 0.889. The fourth-order valence-corrected chi connectivity index (χ4v) is 2.29. The molecule has 2 aromatic rings. The van der Waals surface area contributed by atoms with Gasteiger partial charge in [0.25, 0.3) is 0 Å². The van der Waals surface area contributed by atoms with Crippen molar-refractivity contribution in [1.82, 2.24) is 0 Å². The van der Waals surface area contributed by atoms with Crippen LogP contribution in [0.5, 0.6) is 11.5 Å². The fraction of sp³-hybridized carbons (Fsp3) is 0.294. The van der Waals surface area contributed by atoms with Gasteiger partial charge in [-0.05, 0) is 54.3 Å². The molecule has 0 aliphatic rings. The van der Waals surface area contributed by atoms with Gasteiger partial charge in [0, 0.05) is 12.1 Å². The molecule has 0 radical (unpaired) electrons. The summed E-state index contributed by atoms with van der Waals surface area (Å²) >= 11 is 0. The molecule has 0 aliphatic carbocycles. The summed E-state index contributed by atoms with van der Waals surface area (Å²) in [5.41, 5.74) is 8.77. The molecule has 0 unspecified atom stereocenters. The molecule has 2 nitrogen and oxygen atoms in total. The summed E-state index contributed by atoms with van der Waals surface area (Å²) in [6, 6.07) is 10.4. The van der Waals surface area contributed by atoms with Gasteiger partial charge in [-0.25, -0.2) is 4.39 Å². The summed E-state index contributed by atoms with van der Waals surface area (Å²) < 4.78 is 19.0. The Bertz CT molecular complexity index is 608. The highest BCUT2D eigenvalue weighted by Gasteiger charge is 2.08. The molecule has 0 fully saturated rings. The third-order valence-electron chi connectivity index (χ3n) is 3.33. The highest BCUT2D eigenvalue weighted by atomic mass is 19.1. The lowest BCUT2D eigenvalue weighted by Crippen LogP contribution is -2.00. The molecule has 3 heteroatoms. The van der Waals surface area contributed by atoms with Gasteiger partial charge >= 0.3 is 0 Å². The lowest BCUT2D eigenvalue weighted by Gasteiger charge is -2.14. The molecule has 20 heavy (non-hydrogen) atoms. The van der Waals surface area contributed by atoms with Crippen LogP contribution in [0.3, 0.4) is 0 Å². The van der Waals surface area contributed by atoms with Gasteiger partial charge in [0.05, 0.1) is 0 Å². The molecule has 2 N–H and O–H groups in total. The average molecular weight is 273 g/mol. The van der Waals surface area contributed by atoms with E-state index in [1.54, 1.807) is 6.07 Å². The van der Waals surface area contributed by atoms with E-state index in [1.807, 2.05) is 12.1 Å². The largest absolute Gasteiger partial charge is 0.457 e. The Morgan fingerprint density at radius 2 is 1.90 bits per heavy atom. The minimum atomic E-state index is -0.302. The maximum Gasteiger partial charge on any atom is 0.132 e. The average Bonchev–Trinajstić information content (AvgIpc) is 2.40. The molecule has 106 valence electrons. The van der Waals surface area contributed by atoms with Crippen molar-refractivity contribution in [3.05, 3.63) is 58.9 Å². The Kier molecular flexibility index (Phi) is 4.40. The van der Waals surface area contributed by atoms with E-state index in [9.17, 15) is 4.39 Å². The van der Waals surface area contributed by atoms with Crippen LogP contribution in [-0.4, -0.2) is 0 Å². The molecule has 0 spiro atoms. The molecule has 0 aromatic heterocycles. The highest BCUT2D eigenvalue weighted by Crippen LogP contribution is 2.29. The number of hydrogen-bond donors (Lipinski definition) is 1. The second-order valence-electron chi connectivity index (χ2n) is 5.23. The minimum absolute atomic E-state index is 0.246. The van der Waals surface area contributed by atoms with E-state index in [0.717, 1.165) is 5.75 Å². The predicted octanol–water partition coefficient (Wildman–Crippen LogP) is 4.51. The maximum atomic E-state index is 13.2. The van der Waals surface area contributed by atoms with Crippen molar-refractivity contribution in [3.8, 4) is 11.5 Å². The fourth-order valence-electron chi connectivity index (χ4n) is 2.29. The van der Waals surface area contributed by atoms with Crippen LogP contribution in [0.1, 0.15) is 36.5 Å². The van der Waals surface area contributed by atoms with E-state index in [4.69, 9.17) is 10.5 Å². The first-order valence-corrected chi connectivity index (χ1v) is 6.78. The normalized spacial score (nSPS) is 10.9. The molecule has 0 saturated heterocycles. The van der Waals surface area contributed by atoms with Crippen LogP contribution in [0, 0.1) is 12.7 Å². The van der Waals surface area contributed by atoms with Crippen molar-refractivity contribution in [3.63, 3.8) is 0 Å². The van der Waals surface area contributed by atoms with Crippen LogP contribution in [0.15, 0.2) is 36.4 Å². The Balaban J connectivity index is 2.28. The van der Waals surface area contributed by atoms with Crippen molar-refractivity contribution < 1.29 is 9.13 Å². The second-order valence-corrected chi connectivity index (χ2v) is 5.23. The topological polar surface area (TPSA) is 35.2 Å². The van der Waals surface area contributed by atoms with Gasteiger partial charge in [-0.2, -0.15) is 0 Å². The molecular weight excluding hydrogens is 253 g/mol. The number of hydrogen-bond acceptors (Lipinski definition) is 2. The highest BCUT2D eigenvalue weighted by molar-refractivity contribution is 5.41. The monoisotopic (exact) mass is 273 g/mol. The Hall–Kier alpha value is -1.87. The van der Waals surface area contributed by atoms with E-state index in [-0.39, 0.29) is 12.4 Å². The van der Waals surface area contributed by atoms with Gasteiger partial charge < -0.3 is 10.5 Å². The van der Waals surface area contributed by atoms with Gasteiger partial charge in [0.15, 0.2) is 0 Å². The molecule has 2 rings (SSSR count). The number of halogens is 1. The molecular formula is C17H20FNO. The smallest absolute Gasteiger partial charge is 0.132 e. The number of rotatable bonds is 4. The van der Waals surface area contributed by atoms with Crippen LogP contribution in [-0.2, 0) is 6.54 Å². The molecule has 0 amide bonds. The summed E-state index contributed by atoms with van der Waals surface area (Å²) in [5.74, 6) is 1.53. The van der Waals surface area contributed by atoms with Gasteiger partial charge in [-0.1, -0.05) is 19.9 Å². The molecule has 0 atom stereocenters. The molecule has 0 saturated carbocycles. The summed E-state index contributed by atoms with van der Waals surface area (Å²) in [7, 11) is 0. The molecule has 0 bridgehead atoms. The zero-order valence-electron chi connectivity index (χ0n) is 12.1. The first-order chi connectivity index (χ1) is 9.51. The van der Waals surface area contributed by atoms with Crippen molar-refractivity contribution in [1.29, 1.82) is 0 Å². The van der Waals surface area contributed by atoms with Gasteiger partial charge in [0.2, 0.25) is 0 Å². The van der Waals surface area contributed by atoms with Gasteiger partial charge in [-0.15, -0.1) is 0 Å². The zero-order valence-corrected chi connectivity index (χ0v) is 12.1. The lowest BCUT2D eigenvalue weighted by molar-refractivity contribution is 0.473. The van der Waals surface area contributed by atoms with E-state index in [1.165, 1.54) is 23.3 Å². The molecule has 0 aliphatic heterocycles. The molecule has 0 heterocycles. The zero-order chi connectivity index (χ0) is 14.7. The van der Waals surface area contributed by atoms with Gasteiger partial charge in [-0.3, -0.25) is 0 Å². The summed E-state index contributed by atoms with van der Waals surface area (Å²) in [6.07, 6.45) is 0. The Morgan fingerprint density at radius 1 is 1.15 bits per heavy atom. The van der Waals surface area contributed by atoms with E-state index in [2.05, 4.69) is 26.8 Å². The van der Waals surface area contributed by atoms with Crippen molar-refractivity contribution in [2.75, 3.05) is 0 Å². The number of nitrogens with two attached hydrogens (primary N) is 1. The summed E-state index contributed by atoms with van der Waals surface area (Å²) in [6.45, 7) is 6.64. The van der Waals surface area contributed by atoms with Gasteiger partial charge in [0.1, 0.15) is 17.3 Å². The molecule has 2 aromatic carbocycles. The van der Waals surface area contributed by atoms with Crippen LogP contribution >= 0.6 is 0 Å². The van der Waals surface area contributed by atoms with Crippen LogP contribution in [0.4, 0.5) is 4.39 Å². The summed E-state index contributed by atoms with van der Waals surface area (Å²) in [5, 5.41) is 0. The Morgan fingerprint density at radius 3 is 2.50 bits per heavy atom. The first kappa shape index (κ1) is 14.5. The van der Waals surface area contributed by atoms with Crippen LogP contribution < -0.4 is 10.5 Å². The van der Waals surface area contributed by atoms with E-state index >= 15 is 0 Å². The van der Waals surface area contributed by atoms with Crippen LogP contribution in [0.25, 0.3) is 0 Å². The standard InChI is InChI=1S/C17H20FNO/c1-11(2)16-6-5-15(8-12(16)3)20-17-7-4-14(18)9-13(17)10-19/h4-9,11H,10,19H2,1-3H3. The number of aryl methyl sites for hydroxylation is 1.